The van der Waals surface area contributed by atoms with Crippen molar-refractivity contribution in [2.24, 2.45) is 5.73 Å². The Hall–Kier alpha value is 0.270. The largest absolute Gasteiger partial charge is 0.329 e. The number of thioether (sulfide) groups is 1. The standard InChI is InChI=1S/C13H26N2S/c1-4-12-6-5-10(2)15(12)13(8-14)7-11(3)16-9-13/h10-12H,4-9,14H2,1-3H3. The lowest BCUT2D eigenvalue weighted by Gasteiger charge is -2.44. The Bertz CT molecular complexity index is 246. The molecular weight excluding hydrogens is 216 g/mol. The number of hydrogen-bond acceptors (Lipinski definition) is 3. The maximum absolute atomic E-state index is 6.13. The molecule has 2 N–H and O–H groups in total. The van der Waals surface area contributed by atoms with Crippen molar-refractivity contribution in [2.75, 3.05) is 12.3 Å². The fourth-order valence-electron chi connectivity index (χ4n) is 3.71. The lowest BCUT2D eigenvalue weighted by Crippen LogP contribution is -2.58. The van der Waals surface area contributed by atoms with Gasteiger partial charge in [0.25, 0.3) is 0 Å². The van der Waals surface area contributed by atoms with Crippen molar-refractivity contribution >= 4 is 11.8 Å². The van der Waals surface area contributed by atoms with Crippen LogP contribution in [0.1, 0.15) is 46.5 Å². The average molecular weight is 242 g/mol. The van der Waals surface area contributed by atoms with Gasteiger partial charge in [0, 0.05) is 35.2 Å². The van der Waals surface area contributed by atoms with Crippen LogP contribution in [-0.2, 0) is 0 Å². The van der Waals surface area contributed by atoms with Crippen LogP contribution in [0.3, 0.4) is 0 Å². The molecule has 0 spiro atoms. The molecule has 2 nitrogen and oxygen atoms in total. The normalized spacial score (nSPS) is 45.4. The molecule has 0 radical (unpaired) electrons. The van der Waals surface area contributed by atoms with Gasteiger partial charge in [-0.25, -0.2) is 0 Å². The van der Waals surface area contributed by atoms with Crippen LogP contribution in [0.25, 0.3) is 0 Å². The van der Waals surface area contributed by atoms with E-state index in [1.165, 1.54) is 31.4 Å². The predicted octanol–water partition coefficient (Wildman–Crippen LogP) is 2.47. The summed E-state index contributed by atoms with van der Waals surface area (Å²) < 4.78 is 0. The van der Waals surface area contributed by atoms with Gasteiger partial charge in [0.05, 0.1) is 0 Å². The number of nitrogens with two attached hydrogens (primary N) is 1. The van der Waals surface area contributed by atoms with Crippen molar-refractivity contribution < 1.29 is 0 Å². The van der Waals surface area contributed by atoms with Gasteiger partial charge < -0.3 is 5.73 Å². The summed E-state index contributed by atoms with van der Waals surface area (Å²) in [4.78, 5) is 2.78. The van der Waals surface area contributed by atoms with E-state index in [-0.39, 0.29) is 0 Å². The summed E-state index contributed by atoms with van der Waals surface area (Å²) in [7, 11) is 0. The average Bonchev–Trinajstić information content (AvgIpc) is 2.83. The van der Waals surface area contributed by atoms with Crippen molar-refractivity contribution in [3.8, 4) is 0 Å². The third kappa shape index (κ3) is 2.02. The minimum Gasteiger partial charge on any atom is -0.329 e. The quantitative estimate of drug-likeness (QED) is 0.824. The van der Waals surface area contributed by atoms with E-state index in [4.69, 9.17) is 5.73 Å². The SMILES string of the molecule is CCC1CCC(C)N1C1(CN)CSC(C)C1. The lowest BCUT2D eigenvalue weighted by atomic mass is 9.91. The van der Waals surface area contributed by atoms with Gasteiger partial charge in [0.1, 0.15) is 0 Å². The van der Waals surface area contributed by atoms with Crippen LogP contribution in [0, 0.1) is 0 Å². The summed E-state index contributed by atoms with van der Waals surface area (Å²) in [5, 5.41) is 0.786. The van der Waals surface area contributed by atoms with Gasteiger partial charge >= 0.3 is 0 Å². The zero-order valence-electron chi connectivity index (χ0n) is 10.9. The summed E-state index contributed by atoms with van der Waals surface area (Å²) in [5.74, 6) is 1.24. The molecule has 3 heteroatoms. The molecule has 2 heterocycles. The summed E-state index contributed by atoms with van der Waals surface area (Å²) in [6.07, 6.45) is 5.30. The fourth-order valence-corrected chi connectivity index (χ4v) is 5.11. The molecule has 0 saturated carbocycles. The van der Waals surface area contributed by atoms with Crippen molar-refractivity contribution in [2.45, 2.75) is 69.3 Å². The first kappa shape index (κ1) is 12.7. The maximum Gasteiger partial charge on any atom is 0.0438 e. The first-order valence-electron chi connectivity index (χ1n) is 6.73. The van der Waals surface area contributed by atoms with Crippen LogP contribution in [0.15, 0.2) is 0 Å². The predicted molar refractivity (Wildman–Crippen MR) is 72.9 cm³/mol. The summed E-state index contributed by atoms with van der Waals surface area (Å²) in [6.45, 7) is 7.90. The van der Waals surface area contributed by atoms with Crippen molar-refractivity contribution in [1.82, 2.24) is 4.90 Å². The zero-order valence-corrected chi connectivity index (χ0v) is 11.7. The molecule has 2 rings (SSSR count). The third-order valence-corrected chi connectivity index (χ3v) is 5.93. The van der Waals surface area contributed by atoms with Crippen molar-refractivity contribution in [1.29, 1.82) is 0 Å². The van der Waals surface area contributed by atoms with Crippen LogP contribution in [-0.4, -0.2) is 40.1 Å². The van der Waals surface area contributed by atoms with Gasteiger partial charge in [-0.1, -0.05) is 13.8 Å². The second-order valence-electron chi connectivity index (χ2n) is 5.65. The molecule has 2 aliphatic rings. The van der Waals surface area contributed by atoms with Crippen LogP contribution in [0.4, 0.5) is 0 Å². The van der Waals surface area contributed by atoms with Gasteiger partial charge in [-0.05, 0) is 32.6 Å². The van der Waals surface area contributed by atoms with E-state index in [0.29, 0.717) is 5.54 Å². The molecule has 0 aromatic carbocycles. The number of rotatable bonds is 3. The molecule has 2 aliphatic heterocycles. The van der Waals surface area contributed by atoms with E-state index in [9.17, 15) is 0 Å². The number of hydrogen-bond donors (Lipinski definition) is 1. The highest BCUT2D eigenvalue weighted by molar-refractivity contribution is 8.00. The van der Waals surface area contributed by atoms with E-state index in [2.05, 4.69) is 37.4 Å². The zero-order chi connectivity index (χ0) is 11.8. The first-order valence-corrected chi connectivity index (χ1v) is 7.78. The van der Waals surface area contributed by atoms with Crippen LogP contribution in [0.2, 0.25) is 0 Å². The van der Waals surface area contributed by atoms with Gasteiger partial charge in [-0.15, -0.1) is 0 Å². The van der Waals surface area contributed by atoms with E-state index in [1.54, 1.807) is 0 Å². The van der Waals surface area contributed by atoms with E-state index < -0.39 is 0 Å². The molecular formula is C13H26N2S. The fraction of sp³-hybridized carbons (Fsp3) is 1.00. The van der Waals surface area contributed by atoms with E-state index >= 15 is 0 Å². The Morgan fingerprint density at radius 2 is 2.12 bits per heavy atom. The molecule has 94 valence electrons. The summed E-state index contributed by atoms with van der Waals surface area (Å²) >= 11 is 2.11. The van der Waals surface area contributed by atoms with Gasteiger partial charge in [0.15, 0.2) is 0 Å². The molecule has 0 aromatic rings. The highest BCUT2D eigenvalue weighted by Gasteiger charge is 2.48. The molecule has 0 aliphatic carbocycles. The molecule has 2 fully saturated rings. The topological polar surface area (TPSA) is 29.3 Å². The van der Waals surface area contributed by atoms with Gasteiger partial charge in [-0.2, -0.15) is 11.8 Å². The second kappa shape index (κ2) is 4.87. The summed E-state index contributed by atoms with van der Waals surface area (Å²) in [5.41, 5.74) is 6.44. The second-order valence-corrected chi connectivity index (χ2v) is 7.08. The molecule has 0 bridgehead atoms. The minimum absolute atomic E-state index is 0.306. The monoisotopic (exact) mass is 242 g/mol. The Morgan fingerprint density at radius 1 is 1.38 bits per heavy atom. The highest BCUT2D eigenvalue weighted by atomic mass is 32.2. The molecule has 4 atom stereocenters. The Balaban J connectivity index is 2.19. The van der Waals surface area contributed by atoms with Crippen molar-refractivity contribution in [3.63, 3.8) is 0 Å². The Morgan fingerprint density at radius 3 is 2.62 bits per heavy atom. The molecule has 4 unspecified atom stereocenters. The lowest BCUT2D eigenvalue weighted by molar-refractivity contribution is 0.0619. The van der Waals surface area contributed by atoms with E-state index in [0.717, 1.165) is 23.9 Å². The first-order chi connectivity index (χ1) is 7.63. The van der Waals surface area contributed by atoms with Gasteiger partial charge in [-0.3, -0.25) is 4.90 Å². The van der Waals surface area contributed by atoms with Crippen LogP contribution in [0.5, 0.6) is 0 Å². The number of likely N-dealkylation sites (tertiary alicyclic amines) is 1. The third-order valence-electron chi connectivity index (χ3n) is 4.49. The maximum atomic E-state index is 6.13. The van der Waals surface area contributed by atoms with Gasteiger partial charge in [0.2, 0.25) is 0 Å². The Kier molecular flexibility index (Phi) is 3.87. The van der Waals surface area contributed by atoms with E-state index in [1.807, 2.05) is 0 Å². The number of nitrogens with zero attached hydrogens (tertiary/aromatic N) is 1. The summed E-state index contributed by atoms with van der Waals surface area (Å²) in [6, 6.07) is 1.52. The van der Waals surface area contributed by atoms with Crippen LogP contribution < -0.4 is 5.73 Å². The smallest absolute Gasteiger partial charge is 0.0438 e. The molecule has 0 aromatic heterocycles. The minimum atomic E-state index is 0.306. The molecule has 2 saturated heterocycles. The highest BCUT2D eigenvalue weighted by Crippen LogP contribution is 2.43. The Labute approximate surface area is 104 Å². The molecule has 0 amide bonds. The molecule has 16 heavy (non-hydrogen) atoms. The van der Waals surface area contributed by atoms with Crippen LogP contribution >= 0.6 is 11.8 Å². The van der Waals surface area contributed by atoms with Crippen molar-refractivity contribution in [3.05, 3.63) is 0 Å².